The van der Waals surface area contributed by atoms with Gasteiger partial charge in [-0.25, -0.2) is 9.78 Å². The third-order valence-electron chi connectivity index (χ3n) is 1.65. The number of methoxy groups -OCH3 is 1. The van der Waals surface area contributed by atoms with Gasteiger partial charge in [-0.05, 0) is 7.05 Å². The molecule has 0 radical (unpaired) electrons. The van der Waals surface area contributed by atoms with E-state index < -0.39 is 5.97 Å². The number of ether oxygens (including phenoxy) is 1. The Hall–Kier alpha value is -1.36. The molecular formula is C8H13N3O2. The molecule has 5 heteroatoms. The van der Waals surface area contributed by atoms with Crippen LogP contribution in [0, 0.1) is 0 Å². The number of carbonyl (C=O) groups is 1. The molecule has 0 aliphatic rings. The highest BCUT2D eigenvalue weighted by molar-refractivity contribution is 5.86. The minimum atomic E-state index is -0.400. The average molecular weight is 183 g/mol. The lowest BCUT2D eigenvalue weighted by Crippen LogP contribution is -2.13. The topological polar surface area (TPSA) is 56.2 Å². The first-order valence-corrected chi connectivity index (χ1v) is 4.02. The second-order valence-corrected chi connectivity index (χ2v) is 2.59. The van der Waals surface area contributed by atoms with Crippen molar-refractivity contribution in [2.45, 2.75) is 6.54 Å². The van der Waals surface area contributed by atoms with E-state index in [4.69, 9.17) is 0 Å². The fourth-order valence-corrected chi connectivity index (χ4v) is 0.933. The second kappa shape index (κ2) is 4.61. The number of aromatic nitrogens is 2. The van der Waals surface area contributed by atoms with E-state index in [1.54, 1.807) is 12.5 Å². The Balaban J connectivity index is 2.58. The highest BCUT2D eigenvalue weighted by atomic mass is 16.5. The molecule has 1 rings (SSSR count). The van der Waals surface area contributed by atoms with Gasteiger partial charge in [-0.2, -0.15) is 0 Å². The quantitative estimate of drug-likeness (QED) is 0.662. The maximum absolute atomic E-state index is 11.0. The Morgan fingerprint density at radius 2 is 2.54 bits per heavy atom. The number of likely N-dealkylation sites (N-methyl/N-ethyl adjacent to an activating group) is 1. The van der Waals surface area contributed by atoms with Gasteiger partial charge in [0.2, 0.25) is 0 Å². The Morgan fingerprint density at radius 3 is 3.15 bits per heavy atom. The molecule has 0 aliphatic carbocycles. The highest BCUT2D eigenvalue weighted by Crippen LogP contribution is 1.97. The van der Waals surface area contributed by atoms with Crippen LogP contribution in [0.2, 0.25) is 0 Å². The third kappa shape index (κ3) is 2.55. The molecule has 1 N–H and O–H groups in total. The summed E-state index contributed by atoms with van der Waals surface area (Å²) in [7, 11) is 3.22. The maximum Gasteiger partial charge on any atom is 0.358 e. The summed E-state index contributed by atoms with van der Waals surface area (Å²) < 4.78 is 6.36. The fraction of sp³-hybridized carbons (Fsp3) is 0.500. The van der Waals surface area contributed by atoms with Crippen molar-refractivity contribution in [3.05, 3.63) is 18.2 Å². The summed E-state index contributed by atoms with van der Waals surface area (Å²) in [5.41, 5.74) is 0.346. The molecule has 1 aromatic heterocycles. The monoisotopic (exact) mass is 183 g/mol. The van der Waals surface area contributed by atoms with Gasteiger partial charge in [0.1, 0.15) is 0 Å². The zero-order valence-corrected chi connectivity index (χ0v) is 7.78. The van der Waals surface area contributed by atoms with Crippen LogP contribution in [0.25, 0.3) is 0 Å². The summed E-state index contributed by atoms with van der Waals surface area (Å²) in [4.78, 5) is 14.9. The molecule has 1 aromatic rings. The number of nitrogens with zero attached hydrogens (tertiary/aromatic N) is 2. The first kappa shape index (κ1) is 9.73. The van der Waals surface area contributed by atoms with Crippen molar-refractivity contribution in [3.63, 3.8) is 0 Å². The molecule has 0 atom stereocenters. The van der Waals surface area contributed by atoms with Crippen molar-refractivity contribution in [2.24, 2.45) is 0 Å². The molecule has 72 valence electrons. The molecule has 0 bridgehead atoms. The molecule has 0 saturated carbocycles. The van der Waals surface area contributed by atoms with Crippen molar-refractivity contribution >= 4 is 5.97 Å². The van der Waals surface area contributed by atoms with E-state index in [1.807, 2.05) is 11.6 Å². The molecule has 0 amide bonds. The smallest absolute Gasteiger partial charge is 0.358 e. The van der Waals surface area contributed by atoms with Crippen LogP contribution < -0.4 is 5.32 Å². The van der Waals surface area contributed by atoms with Gasteiger partial charge in [-0.3, -0.25) is 0 Å². The van der Waals surface area contributed by atoms with Crippen molar-refractivity contribution in [1.82, 2.24) is 14.9 Å². The average Bonchev–Trinajstić information content (AvgIpc) is 2.62. The number of esters is 1. The van der Waals surface area contributed by atoms with Crippen molar-refractivity contribution < 1.29 is 9.53 Å². The van der Waals surface area contributed by atoms with E-state index in [2.05, 4.69) is 15.0 Å². The second-order valence-electron chi connectivity index (χ2n) is 2.59. The first-order valence-electron chi connectivity index (χ1n) is 4.02. The normalized spacial score (nSPS) is 10.0. The SMILES string of the molecule is CNCCn1cnc(C(=O)OC)c1. The van der Waals surface area contributed by atoms with Crippen molar-refractivity contribution in [3.8, 4) is 0 Å². The Bertz CT molecular complexity index is 283. The fourth-order valence-electron chi connectivity index (χ4n) is 0.933. The van der Waals surface area contributed by atoms with Gasteiger partial charge in [-0.15, -0.1) is 0 Å². The first-order chi connectivity index (χ1) is 6.27. The highest BCUT2D eigenvalue weighted by Gasteiger charge is 2.07. The standard InChI is InChI=1S/C8H13N3O2/c1-9-3-4-11-5-7(10-6-11)8(12)13-2/h5-6,9H,3-4H2,1-2H3. The van der Waals surface area contributed by atoms with Crippen LogP contribution in [-0.2, 0) is 11.3 Å². The molecule has 13 heavy (non-hydrogen) atoms. The summed E-state index contributed by atoms with van der Waals surface area (Å²) in [6.45, 7) is 1.64. The maximum atomic E-state index is 11.0. The van der Waals surface area contributed by atoms with E-state index in [-0.39, 0.29) is 0 Å². The van der Waals surface area contributed by atoms with Gasteiger partial charge in [0.15, 0.2) is 5.69 Å². The summed E-state index contributed by atoms with van der Waals surface area (Å²) in [6, 6.07) is 0. The van der Waals surface area contributed by atoms with E-state index in [9.17, 15) is 4.79 Å². The van der Waals surface area contributed by atoms with E-state index in [1.165, 1.54) is 7.11 Å². The minimum absolute atomic E-state index is 0.346. The summed E-state index contributed by atoms with van der Waals surface area (Å²) in [5.74, 6) is -0.400. The predicted octanol–water partition coefficient (Wildman–Crippen LogP) is -0.111. The van der Waals surface area contributed by atoms with Crippen LogP contribution in [0.15, 0.2) is 12.5 Å². The Labute approximate surface area is 76.7 Å². The van der Waals surface area contributed by atoms with Gasteiger partial charge < -0.3 is 14.6 Å². The van der Waals surface area contributed by atoms with Crippen LogP contribution in [0.4, 0.5) is 0 Å². The lowest BCUT2D eigenvalue weighted by atomic mass is 10.5. The van der Waals surface area contributed by atoms with Gasteiger partial charge in [-0.1, -0.05) is 0 Å². The molecule has 0 aliphatic heterocycles. The van der Waals surface area contributed by atoms with Crippen LogP contribution in [0.1, 0.15) is 10.5 Å². The lowest BCUT2D eigenvalue weighted by Gasteiger charge is -1.98. The zero-order chi connectivity index (χ0) is 9.68. The van der Waals surface area contributed by atoms with Crippen molar-refractivity contribution in [1.29, 1.82) is 0 Å². The van der Waals surface area contributed by atoms with Gasteiger partial charge in [0.05, 0.1) is 13.4 Å². The molecule has 5 nitrogen and oxygen atoms in total. The number of hydrogen-bond donors (Lipinski definition) is 1. The zero-order valence-electron chi connectivity index (χ0n) is 7.78. The third-order valence-corrected chi connectivity index (χ3v) is 1.65. The van der Waals surface area contributed by atoms with E-state index in [0.29, 0.717) is 5.69 Å². The van der Waals surface area contributed by atoms with Gasteiger partial charge in [0, 0.05) is 19.3 Å². The summed E-state index contributed by atoms with van der Waals surface area (Å²) in [5, 5.41) is 3.00. The molecule has 0 aromatic carbocycles. The molecule has 0 saturated heterocycles. The number of imidazole rings is 1. The molecule has 0 unspecified atom stereocenters. The minimum Gasteiger partial charge on any atom is -0.464 e. The number of nitrogens with one attached hydrogen (secondary N) is 1. The summed E-state index contributed by atoms with van der Waals surface area (Å²) in [6.07, 6.45) is 3.28. The Kier molecular flexibility index (Phi) is 3.45. The van der Waals surface area contributed by atoms with Crippen LogP contribution in [0.5, 0.6) is 0 Å². The summed E-state index contributed by atoms with van der Waals surface area (Å²) >= 11 is 0. The molecule has 0 fully saturated rings. The molecular weight excluding hydrogens is 170 g/mol. The van der Waals surface area contributed by atoms with Crippen LogP contribution in [-0.4, -0.2) is 36.2 Å². The predicted molar refractivity (Wildman–Crippen MR) is 47.5 cm³/mol. The number of rotatable bonds is 4. The number of carbonyl (C=O) groups excluding carboxylic acids is 1. The number of hydrogen-bond acceptors (Lipinski definition) is 4. The molecule has 1 heterocycles. The van der Waals surface area contributed by atoms with Crippen LogP contribution >= 0.6 is 0 Å². The Morgan fingerprint density at radius 1 is 1.77 bits per heavy atom. The molecule has 0 spiro atoms. The van der Waals surface area contributed by atoms with E-state index in [0.717, 1.165) is 13.1 Å². The van der Waals surface area contributed by atoms with E-state index >= 15 is 0 Å². The van der Waals surface area contributed by atoms with Gasteiger partial charge >= 0.3 is 5.97 Å². The van der Waals surface area contributed by atoms with Gasteiger partial charge in [0.25, 0.3) is 0 Å². The lowest BCUT2D eigenvalue weighted by molar-refractivity contribution is 0.0594. The van der Waals surface area contributed by atoms with Crippen molar-refractivity contribution in [2.75, 3.05) is 20.7 Å². The van der Waals surface area contributed by atoms with Crippen LogP contribution in [0.3, 0.4) is 0 Å². The largest absolute Gasteiger partial charge is 0.464 e.